The molecule has 0 amide bonds. The van der Waals surface area contributed by atoms with Crippen LogP contribution in [-0.4, -0.2) is 41.4 Å². The number of halogens is 1. The molecule has 0 aliphatic carbocycles. The molecule has 0 aliphatic heterocycles. The number of hydrogen-bond donors (Lipinski definition) is 3. The summed E-state index contributed by atoms with van der Waals surface area (Å²) in [6.45, 7) is 1.78. The Bertz CT molecular complexity index is 1100. The Morgan fingerprint density at radius 3 is 2.69 bits per heavy atom. The number of hydrogen-bond acceptors (Lipinski definition) is 9. The van der Waals surface area contributed by atoms with E-state index in [2.05, 4.69) is 10.1 Å². The van der Waals surface area contributed by atoms with Crippen LogP contribution >= 0.6 is 22.9 Å². The smallest absolute Gasteiger partial charge is 0.300 e. The van der Waals surface area contributed by atoms with Gasteiger partial charge in [-0.2, -0.15) is 4.68 Å². The average molecular weight is 479 g/mol. The molecule has 12 heteroatoms. The summed E-state index contributed by atoms with van der Waals surface area (Å²) in [4.78, 5) is 20.3. The third kappa shape index (κ3) is 5.55. The number of benzene rings is 1. The fourth-order valence-electron chi connectivity index (χ4n) is 2.94. The zero-order chi connectivity index (χ0) is 23.1. The Labute approximate surface area is 194 Å². The van der Waals surface area contributed by atoms with Crippen LogP contribution in [0.3, 0.4) is 0 Å². The summed E-state index contributed by atoms with van der Waals surface area (Å²) in [5, 5.41) is 4.00. The van der Waals surface area contributed by atoms with Crippen molar-refractivity contribution in [1.82, 2.24) is 9.67 Å². The molecular formula is C20H25ClN7O3S+. The normalized spacial score (nSPS) is 11.5. The van der Waals surface area contributed by atoms with Crippen molar-refractivity contribution in [3.05, 3.63) is 40.5 Å². The third-order valence-corrected chi connectivity index (χ3v) is 5.69. The molecule has 170 valence electrons. The first-order chi connectivity index (χ1) is 15.4. The van der Waals surface area contributed by atoms with Gasteiger partial charge in [-0.25, -0.2) is 9.67 Å². The number of carbonyl (C=O) groups excluding carboxylic acids is 1. The van der Waals surface area contributed by atoms with Crippen LogP contribution < -0.4 is 26.6 Å². The molecule has 2 heterocycles. The number of nitrogens with two attached hydrogens (primary N) is 3. The first-order valence-corrected chi connectivity index (χ1v) is 11.0. The number of anilines is 2. The lowest BCUT2D eigenvalue weighted by Crippen LogP contribution is -2.41. The molecule has 6 N–H and O–H groups in total. The highest BCUT2D eigenvalue weighted by Gasteiger charge is 2.17. The molecule has 0 spiro atoms. The van der Waals surface area contributed by atoms with Crippen LogP contribution in [0.4, 0.5) is 10.9 Å². The van der Waals surface area contributed by atoms with Crippen molar-refractivity contribution in [2.24, 2.45) is 17.9 Å². The van der Waals surface area contributed by atoms with Gasteiger partial charge >= 0.3 is 5.82 Å². The summed E-state index contributed by atoms with van der Waals surface area (Å²) < 4.78 is 9.89. The predicted octanol–water partition coefficient (Wildman–Crippen LogP) is 1.60. The number of nitrogens with zero attached hydrogens (tertiary/aromatic N) is 4. The standard InChI is InChI=1S/C20H24ClN7O3S/c1-27-19(23)15(11-28(27)8-2-7-22)13-3-5-14(6-4-13)30-9-10-31-26-16(12-29)17-18(21)32-20(24)25-17/h3-6,11-12,23H,2,7-10,22H2,1H3,(H2,24,25)/p+1/b26-16+. The second-order valence-corrected chi connectivity index (χ2v) is 8.36. The van der Waals surface area contributed by atoms with Crippen LogP contribution in [0.2, 0.25) is 4.34 Å². The monoisotopic (exact) mass is 478 g/mol. The van der Waals surface area contributed by atoms with E-state index in [0.717, 1.165) is 35.4 Å². The third-order valence-electron chi connectivity index (χ3n) is 4.61. The van der Waals surface area contributed by atoms with E-state index >= 15 is 0 Å². The van der Waals surface area contributed by atoms with E-state index < -0.39 is 0 Å². The number of aromatic nitrogens is 3. The first kappa shape index (κ1) is 23.5. The molecule has 0 saturated heterocycles. The van der Waals surface area contributed by atoms with Crippen LogP contribution in [-0.2, 0) is 23.2 Å². The van der Waals surface area contributed by atoms with Crippen molar-refractivity contribution >= 4 is 45.9 Å². The van der Waals surface area contributed by atoms with Gasteiger partial charge in [-0.15, -0.1) is 0 Å². The summed E-state index contributed by atoms with van der Waals surface area (Å²) in [6.07, 6.45) is 3.40. The number of ether oxygens (including phenoxy) is 1. The van der Waals surface area contributed by atoms with E-state index in [0.29, 0.717) is 24.4 Å². The van der Waals surface area contributed by atoms with Crippen molar-refractivity contribution in [2.45, 2.75) is 13.0 Å². The van der Waals surface area contributed by atoms with Crippen molar-refractivity contribution in [2.75, 3.05) is 31.2 Å². The van der Waals surface area contributed by atoms with Gasteiger partial charge in [0.05, 0.1) is 18.3 Å². The SMILES string of the molecule is C[n+]1c(N)c(-c2ccc(OCCO/N=C(\C=O)c3nc(N)sc3Cl)cc2)cn1CCCN. The van der Waals surface area contributed by atoms with Crippen molar-refractivity contribution in [3.63, 3.8) is 0 Å². The minimum atomic E-state index is -0.0311. The Balaban J connectivity index is 1.54. The molecular weight excluding hydrogens is 454 g/mol. The molecule has 0 bridgehead atoms. The minimum absolute atomic E-state index is 0.0311. The number of aldehydes is 1. The lowest BCUT2D eigenvalue weighted by Gasteiger charge is -2.06. The van der Waals surface area contributed by atoms with Gasteiger partial charge in [0.1, 0.15) is 29.4 Å². The van der Waals surface area contributed by atoms with Crippen molar-refractivity contribution < 1.29 is 19.1 Å². The first-order valence-electron chi connectivity index (χ1n) is 9.80. The van der Waals surface area contributed by atoms with Crippen LogP contribution in [0.25, 0.3) is 11.1 Å². The van der Waals surface area contributed by atoms with Crippen LogP contribution in [0, 0.1) is 0 Å². The van der Waals surface area contributed by atoms with E-state index in [-0.39, 0.29) is 34.1 Å². The average Bonchev–Trinajstić information content (AvgIpc) is 3.27. The Kier molecular flexibility index (Phi) is 8.03. The van der Waals surface area contributed by atoms with E-state index in [4.69, 9.17) is 38.4 Å². The Morgan fingerprint density at radius 1 is 1.31 bits per heavy atom. The number of aryl methyl sites for hydroxylation is 1. The zero-order valence-corrected chi connectivity index (χ0v) is 19.1. The van der Waals surface area contributed by atoms with Gasteiger partial charge in [0.15, 0.2) is 23.7 Å². The quantitative estimate of drug-likeness (QED) is 0.125. The van der Waals surface area contributed by atoms with E-state index in [9.17, 15) is 4.79 Å². The molecule has 32 heavy (non-hydrogen) atoms. The van der Waals surface area contributed by atoms with Gasteiger partial charge in [0.25, 0.3) is 0 Å². The fraction of sp³-hybridized carbons (Fsp3) is 0.300. The molecule has 0 unspecified atom stereocenters. The fourth-order valence-corrected chi connectivity index (χ4v) is 3.89. The van der Waals surface area contributed by atoms with Gasteiger partial charge in [-0.05, 0) is 30.7 Å². The summed E-state index contributed by atoms with van der Waals surface area (Å²) >= 11 is 7.03. The Morgan fingerprint density at radius 2 is 2.06 bits per heavy atom. The number of thiazole rings is 1. The molecule has 0 saturated carbocycles. The number of nitrogen functional groups attached to an aromatic ring is 2. The zero-order valence-electron chi connectivity index (χ0n) is 17.5. The topological polar surface area (TPSA) is 148 Å². The lowest BCUT2D eigenvalue weighted by atomic mass is 10.1. The molecule has 0 aliphatic rings. The summed E-state index contributed by atoms with van der Waals surface area (Å²) in [7, 11) is 1.92. The van der Waals surface area contributed by atoms with Crippen molar-refractivity contribution in [3.8, 4) is 16.9 Å². The highest BCUT2D eigenvalue weighted by Crippen LogP contribution is 2.27. The maximum absolute atomic E-state index is 11.2. The predicted molar refractivity (Wildman–Crippen MR) is 125 cm³/mol. The summed E-state index contributed by atoms with van der Waals surface area (Å²) in [5.74, 6) is 1.34. The van der Waals surface area contributed by atoms with E-state index in [1.54, 1.807) is 0 Å². The largest absolute Gasteiger partial charge is 0.490 e. The van der Waals surface area contributed by atoms with E-state index in [1.165, 1.54) is 0 Å². The molecule has 2 aromatic heterocycles. The highest BCUT2D eigenvalue weighted by atomic mass is 35.5. The number of carbonyl (C=O) groups is 1. The van der Waals surface area contributed by atoms with Gasteiger partial charge in [0.2, 0.25) is 0 Å². The lowest BCUT2D eigenvalue weighted by molar-refractivity contribution is -0.740. The molecule has 0 fully saturated rings. The van der Waals surface area contributed by atoms with Gasteiger partial charge in [-0.3, -0.25) is 10.5 Å². The summed E-state index contributed by atoms with van der Waals surface area (Å²) in [5.41, 5.74) is 19.5. The maximum atomic E-state index is 11.2. The Hall–Kier alpha value is -3.15. The number of oxime groups is 1. The highest BCUT2D eigenvalue weighted by molar-refractivity contribution is 7.19. The number of rotatable bonds is 11. The molecule has 3 rings (SSSR count). The van der Waals surface area contributed by atoms with Crippen molar-refractivity contribution in [1.29, 1.82) is 0 Å². The van der Waals surface area contributed by atoms with Crippen LogP contribution in [0.15, 0.2) is 35.6 Å². The molecule has 0 radical (unpaired) electrons. The molecule has 3 aromatic rings. The molecule has 10 nitrogen and oxygen atoms in total. The van der Waals surface area contributed by atoms with Gasteiger partial charge in [-0.1, -0.05) is 40.2 Å². The second kappa shape index (κ2) is 10.9. The van der Waals surface area contributed by atoms with Crippen LogP contribution in [0.5, 0.6) is 5.75 Å². The molecule has 1 aromatic carbocycles. The minimum Gasteiger partial charge on any atom is -0.490 e. The van der Waals surface area contributed by atoms with Crippen LogP contribution in [0.1, 0.15) is 12.1 Å². The second-order valence-electron chi connectivity index (χ2n) is 6.73. The summed E-state index contributed by atoms with van der Waals surface area (Å²) in [6, 6.07) is 7.58. The maximum Gasteiger partial charge on any atom is 0.300 e. The van der Waals surface area contributed by atoms with Gasteiger partial charge in [0, 0.05) is 0 Å². The van der Waals surface area contributed by atoms with Gasteiger partial charge < -0.3 is 21.0 Å². The van der Waals surface area contributed by atoms with E-state index in [1.807, 2.05) is 46.9 Å². The molecule has 0 atom stereocenters.